The lowest BCUT2D eigenvalue weighted by molar-refractivity contribution is -0.132. The van der Waals surface area contributed by atoms with E-state index in [1.807, 2.05) is 53.4 Å². The molecule has 1 fully saturated rings. The quantitative estimate of drug-likeness (QED) is 0.499. The smallest absolute Gasteiger partial charge is 0.222 e. The second kappa shape index (κ2) is 8.93. The average Bonchev–Trinajstić information content (AvgIpc) is 3.15. The number of hydrogen-bond acceptors (Lipinski definition) is 4. The van der Waals surface area contributed by atoms with Crippen LogP contribution in [0.2, 0.25) is 5.02 Å². The number of aromatic nitrogens is 1. The molecule has 0 saturated carbocycles. The van der Waals surface area contributed by atoms with Crippen LogP contribution in [0.3, 0.4) is 0 Å². The van der Waals surface area contributed by atoms with Crippen molar-refractivity contribution in [2.75, 3.05) is 19.7 Å². The maximum atomic E-state index is 12.5. The number of hydrogen-bond donors (Lipinski definition) is 0. The first-order valence-electron chi connectivity index (χ1n) is 9.70. The molecule has 2 aromatic carbocycles. The van der Waals surface area contributed by atoms with Gasteiger partial charge in [-0.2, -0.15) is 0 Å². The van der Waals surface area contributed by atoms with Gasteiger partial charge in [0.25, 0.3) is 0 Å². The van der Waals surface area contributed by atoms with E-state index in [-0.39, 0.29) is 5.91 Å². The molecule has 0 unspecified atom stereocenters. The van der Waals surface area contributed by atoms with Gasteiger partial charge in [-0.15, -0.1) is 11.3 Å². The third kappa shape index (κ3) is 4.65. The van der Waals surface area contributed by atoms with E-state index in [9.17, 15) is 4.79 Å². The summed E-state index contributed by atoms with van der Waals surface area (Å²) in [5.41, 5.74) is 0.976. The number of carbonyl (C=O) groups excluding carboxylic acids is 1. The molecule has 0 spiro atoms. The lowest BCUT2D eigenvalue weighted by Crippen LogP contribution is -2.37. The minimum atomic E-state index is 0.228. The number of carbonyl (C=O) groups is 1. The van der Waals surface area contributed by atoms with Crippen molar-refractivity contribution in [1.29, 1.82) is 0 Å². The van der Waals surface area contributed by atoms with Crippen LogP contribution in [-0.4, -0.2) is 35.5 Å². The summed E-state index contributed by atoms with van der Waals surface area (Å²) >= 11 is 7.81. The lowest BCUT2D eigenvalue weighted by Gasteiger charge is -2.31. The Morgan fingerprint density at radius 1 is 1.18 bits per heavy atom. The molecule has 0 aliphatic carbocycles. The highest BCUT2D eigenvalue weighted by Crippen LogP contribution is 2.34. The summed E-state index contributed by atoms with van der Waals surface area (Å²) in [6.07, 6.45) is 3.23. The Balaban J connectivity index is 1.23. The van der Waals surface area contributed by atoms with E-state index >= 15 is 0 Å². The third-order valence-corrected chi connectivity index (χ3v) is 6.54. The number of para-hydroxylation sites is 1. The lowest BCUT2D eigenvalue weighted by atomic mass is 9.97. The minimum Gasteiger partial charge on any atom is -0.494 e. The van der Waals surface area contributed by atoms with Crippen molar-refractivity contribution >= 4 is 39.1 Å². The van der Waals surface area contributed by atoms with Crippen molar-refractivity contribution in [2.45, 2.75) is 31.6 Å². The molecular weight excluding hydrogens is 392 g/mol. The summed E-state index contributed by atoms with van der Waals surface area (Å²) < 4.78 is 6.85. The number of amides is 1. The SMILES string of the molecule is O=C(CCCOc1ccccc1)N1CCC(c2nc3cc(Cl)ccc3s2)CC1. The molecule has 1 saturated heterocycles. The number of nitrogens with zero attached hydrogens (tertiary/aromatic N) is 2. The fraction of sp³-hybridized carbons (Fsp3) is 0.364. The van der Waals surface area contributed by atoms with Crippen LogP contribution >= 0.6 is 22.9 Å². The Labute approximate surface area is 174 Å². The molecule has 6 heteroatoms. The van der Waals surface area contributed by atoms with Crippen LogP contribution in [-0.2, 0) is 4.79 Å². The molecule has 1 amide bonds. The Morgan fingerprint density at radius 3 is 2.75 bits per heavy atom. The highest BCUT2D eigenvalue weighted by atomic mass is 35.5. The van der Waals surface area contributed by atoms with Crippen LogP contribution in [0, 0.1) is 0 Å². The van der Waals surface area contributed by atoms with E-state index in [2.05, 4.69) is 0 Å². The second-order valence-corrected chi connectivity index (χ2v) is 8.58. The summed E-state index contributed by atoms with van der Waals surface area (Å²) in [5, 5.41) is 1.89. The normalized spacial score (nSPS) is 15.1. The molecule has 4 nitrogen and oxygen atoms in total. The summed E-state index contributed by atoms with van der Waals surface area (Å²) in [6, 6.07) is 15.6. The summed E-state index contributed by atoms with van der Waals surface area (Å²) in [7, 11) is 0. The van der Waals surface area contributed by atoms with Gasteiger partial charge in [-0.05, 0) is 49.6 Å². The van der Waals surface area contributed by atoms with E-state index in [4.69, 9.17) is 21.3 Å². The zero-order valence-electron chi connectivity index (χ0n) is 15.6. The molecule has 0 N–H and O–H groups in total. The molecule has 4 rings (SSSR count). The number of rotatable bonds is 6. The fourth-order valence-electron chi connectivity index (χ4n) is 3.56. The molecule has 1 aliphatic rings. The van der Waals surface area contributed by atoms with Crippen LogP contribution in [0.4, 0.5) is 0 Å². The monoisotopic (exact) mass is 414 g/mol. The van der Waals surface area contributed by atoms with Gasteiger partial charge in [0.05, 0.1) is 21.8 Å². The van der Waals surface area contributed by atoms with Crippen molar-refractivity contribution in [2.24, 2.45) is 0 Å². The van der Waals surface area contributed by atoms with Gasteiger partial charge in [0.1, 0.15) is 5.75 Å². The summed E-state index contributed by atoms with van der Waals surface area (Å²) in [5.74, 6) is 1.51. The molecule has 1 aliphatic heterocycles. The van der Waals surface area contributed by atoms with Gasteiger partial charge in [-0.25, -0.2) is 4.98 Å². The van der Waals surface area contributed by atoms with E-state index in [1.165, 1.54) is 9.71 Å². The van der Waals surface area contributed by atoms with Crippen LogP contribution in [0.25, 0.3) is 10.2 Å². The number of piperidine rings is 1. The van der Waals surface area contributed by atoms with E-state index in [1.54, 1.807) is 11.3 Å². The largest absolute Gasteiger partial charge is 0.494 e. The van der Waals surface area contributed by atoms with Crippen molar-refractivity contribution in [3.8, 4) is 5.75 Å². The first kappa shape index (κ1) is 19.2. The number of fused-ring (bicyclic) bond motifs is 1. The van der Waals surface area contributed by atoms with Crippen LogP contribution in [0.5, 0.6) is 5.75 Å². The standard InChI is InChI=1S/C22H23ClN2O2S/c23-17-8-9-20-19(15-17)24-22(28-20)16-10-12-25(13-11-16)21(26)7-4-14-27-18-5-2-1-3-6-18/h1-3,5-6,8-9,15-16H,4,7,10-14H2. The zero-order chi connectivity index (χ0) is 19.3. The molecule has 0 atom stereocenters. The van der Waals surface area contributed by atoms with E-state index in [0.29, 0.717) is 18.9 Å². The van der Waals surface area contributed by atoms with Crippen molar-refractivity contribution < 1.29 is 9.53 Å². The van der Waals surface area contributed by atoms with Gasteiger partial charge in [-0.1, -0.05) is 29.8 Å². The van der Waals surface area contributed by atoms with Gasteiger partial charge in [0.2, 0.25) is 5.91 Å². The molecule has 28 heavy (non-hydrogen) atoms. The van der Waals surface area contributed by atoms with Gasteiger partial charge in [0.15, 0.2) is 0 Å². The van der Waals surface area contributed by atoms with Gasteiger partial charge < -0.3 is 9.64 Å². The van der Waals surface area contributed by atoms with E-state index in [0.717, 1.165) is 48.6 Å². The van der Waals surface area contributed by atoms with E-state index < -0.39 is 0 Å². The maximum Gasteiger partial charge on any atom is 0.222 e. The molecule has 3 aromatic rings. The Morgan fingerprint density at radius 2 is 1.96 bits per heavy atom. The Hall–Kier alpha value is -2.11. The number of ether oxygens (including phenoxy) is 1. The molecule has 2 heterocycles. The summed E-state index contributed by atoms with van der Waals surface area (Å²) in [6.45, 7) is 2.18. The first-order valence-corrected chi connectivity index (χ1v) is 10.9. The molecular formula is C22H23ClN2O2S. The van der Waals surface area contributed by atoms with Crippen molar-refractivity contribution in [3.05, 3.63) is 58.6 Å². The van der Waals surface area contributed by atoms with Crippen LogP contribution < -0.4 is 4.74 Å². The highest BCUT2D eigenvalue weighted by molar-refractivity contribution is 7.18. The van der Waals surface area contributed by atoms with Gasteiger partial charge in [-0.3, -0.25) is 4.79 Å². The second-order valence-electron chi connectivity index (χ2n) is 7.08. The molecule has 0 bridgehead atoms. The Bertz CT molecular complexity index is 936. The van der Waals surface area contributed by atoms with Crippen molar-refractivity contribution in [1.82, 2.24) is 9.88 Å². The van der Waals surface area contributed by atoms with Crippen molar-refractivity contribution in [3.63, 3.8) is 0 Å². The maximum absolute atomic E-state index is 12.5. The first-order chi connectivity index (χ1) is 13.7. The Kier molecular flexibility index (Phi) is 6.13. The average molecular weight is 415 g/mol. The molecule has 1 aromatic heterocycles. The number of benzene rings is 2. The zero-order valence-corrected chi connectivity index (χ0v) is 17.2. The molecule has 146 valence electrons. The topological polar surface area (TPSA) is 42.4 Å². The predicted octanol–water partition coefficient (Wildman–Crippen LogP) is 5.51. The predicted molar refractivity (Wildman–Crippen MR) is 114 cm³/mol. The number of likely N-dealkylation sites (tertiary alicyclic amines) is 1. The van der Waals surface area contributed by atoms with Crippen LogP contribution in [0.1, 0.15) is 36.6 Å². The number of halogens is 1. The summed E-state index contributed by atoms with van der Waals surface area (Å²) in [4.78, 5) is 19.2. The highest BCUT2D eigenvalue weighted by Gasteiger charge is 2.25. The third-order valence-electron chi connectivity index (χ3n) is 5.11. The van der Waals surface area contributed by atoms with Crippen LogP contribution in [0.15, 0.2) is 48.5 Å². The van der Waals surface area contributed by atoms with Gasteiger partial charge in [0, 0.05) is 30.5 Å². The minimum absolute atomic E-state index is 0.228. The fourth-order valence-corrected chi connectivity index (χ4v) is 4.84. The molecule has 0 radical (unpaired) electrons. The number of thiazole rings is 1. The van der Waals surface area contributed by atoms with Gasteiger partial charge >= 0.3 is 0 Å².